The lowest BCUT2D eigenvalue weighted by Gasteiger charge is -2.19. The van der Waals surface area contributed by atoms with Crippen LogP contribution in [-0.4, -0.2) is 41.7 Å². The summed E-state index contributed by atoms with van der Waals surface area (Å²) in [6.07, 6.45) is -2.98. The number of aromatic nitrogens is 1. The van der Waals surface area contributed by atoms with Crippen molar-refractivity contribution in [1.29, 1.82) is 0 Å². The van der Waals surface area contributed by atoms with Crippen LogP contribution in [0.15, 0.2) is 64.5 Å². The molecule has 10 heteroatoms. The van der Waals surface area contributed by atoms with Gasteiger partial charge in [0.25, 0.3) is 0 Å². The minimum atomic E-state index is -4.57. The number of carbonyl (C=O) groups excluding carboxylic acids is 1. The van der Waals surface area contributed by atoms with Gasteiger partial charge in [-0.25, -0.2) is 4.98 Å². The topological polar surface area (TPSA) is 80.7 Å². The highest BCUT2D eigenvalue weighted by molar-refractivity contribution is 7.99. The molecule has 0 spiro atoms. The number of aldehydes is 1. The smallest absolute Gasteiger partial charge is 0.417 e. The number of rotatable bonds is 8. The van der Waals surface area contributed by atoms with Crippen molar-refractivity contribution < 1.29 is 32.5 Å². The van der Waals surface area contributed by atoms with E-state index in [1.807, 2.05) is 0 Å². The van der Waals surface area contributed by atoms with Gasteiger partial charge < -0.3 is 24.7 Å². The van der Waals surface area contributed by atoms with E-state index < -0.39 is 23.9 Å². The summed E-state index contributed by atoms with van der Waals surface area (Å²) >= 11 is 0.995. The Morgan fingerprint density at radius 1 is 1.09 bits per heavy atom. The zero-order chi connectivity index (χ0) is 25.0. The first kappa shape index (κ1) is 24.9. The number of nitrogens with one attached hydrogen (secondary N) is 1. The molecule has 6 nitrogen and oxygen atoms in total. The van der Waals surface area contributed by atoms with Gasteiger partial charge in [-0.15, -0.1) is 0 Å². The average molecular weight is 505 g/mol. The molecular formula is C25H23F3N2O4S. The normalized spacial score (nSPS) is 14.8. The fourth-order valence-corrected chi connectivity index (χ4v) is 4.61. The van der Waals surface area contributed by atoms with Crippen LogP contribution in [0.3, 0.4) is 0 Å². The van der Waals surface area contributed by atoms with Crippen LogP contribution in [0.4, 0.5) is 19.0 Å². The van der Waals surface area contributed by atoms with E-state index in [1.54, 1.807) is 43.3 Å². The number of hydrogen-bond donors (Lipinski definition) is 2. The first-order valence-electron chi connectivity index (χ1n) is 10.9. The second-order valence-corrected chi connectivity index (χ2v) is 9.13. The minimum absolute atomic E-state index is 0.0586. The summed E-state index contributed by atoms with van der Waals surface area (Å²) in [6.45, 7) is 2.38. The van der Waals surface area contributed by atoms with Crippen LogP contribution in [-0.2, 0) is 11.0 Å². The fraction of sp³-hybridized carbons (Fsp3) is 0.280. The Bertz CT molecular complexity index is 1200. The molecule has 2 atom stereocenters. The molecular weight excluding hydrogens is 481 g/mol. The number of hydrogen-bond acceptors (Lipinski definition) is 7. The lowest BCUT2D eigenvalue weighted by atomic mass is 10.0. The summed E-state index contributed by atoms with van der Waals surface area (Å²) in [6, 6.07) is 11.7. The number of ether oxygens (including phenoxy) is 2. The van der Waals surface area contributed by atoms with Crippen molar-refractivity contribution in [2.24, 2.45) is 0 Å². The molecule has 2 N–H and O–H groups in total. The molecule has 2 heterocycles. The minimum Gasteiger partial charge on any atom is -0.486 e. The van der Waals surface area contributed by atoms with Crippen molar-refractivity contribution in [3.63, 3.8) is 0 Å². The maximum Gasteiger partial charge on any atom is 0.417 e. The van der Waals surface area contributed by atoms with Gasteiger partial charge in [-0.05, 0) is 66.9 Å². The van der Waals surface area contributed by atoms with Gasteiger partial charge in [0.1, 0.15) is 25.3 Å². The molecule has 2 aromatic carbocycles. The van der Waals surface area contributed by atoms with Crippen LogP contribution >= 0.6 is 11.8 Å². The third-order valence-corrected chi connectivity index (χ3v) is 6.28. The van der Waals surface area contributed by atoms with E-state index in [2.05, 4.69) is 10.3 Å². The molecule has 1 aromatic heterocycles. The van der Waals surface area contributed by atoms with Crippen molar-refractivity contribution in [3.05, 3.63) is 60.3 Å². The van der Waals surface area contributed by atoms with Gasteiger partial charge in [-0.2, -0.15) is 13.2 Å². The van der Waals surface area contributed by atoms with Crippen LogP contribution < -0.4 is 14.8 Å². The summed E-state index contributed by atoms with van der Waals surface area (Å²) in [7, 11) is 0. The largest absolute Gasteiger partial charge is 0.486 e. The van der Waals surface area contributed by atoms with Crippen LogP contribution in [0.1, 0.15) is 18.9 Å². The van der Waals surface area contributed by atoms with Gasteiger partial charge in [0.2, 0.25) is 0 Å². The molecule has 0 saturated heterocycles. The Balaban J connectivity index is 1.62. The Morgan fingerprint density at radius 2 is 1.83 bits per heavy atom. The molecule has 1 aliphatic heterocycles. The second-order valence-electron chi connectivity index (χ2n) is 8.02. The van der Waals surface area contributed by atoms with Crippen molar-refractivity contribution >= 4 is 23.9 Å². The van der Waals surface area contributed by atoms with Crippen molar-refractivity contribution in [2.75, 3.05) is 18.5 Å². The van der Waals surface area contributed by atoms with Gasteiger partial charge in [-0.1, -0.05) is 17.8 Å². The number of anilines is 1. The number of aliphatic hydroxyl groups excluding tert-OH is 1. The molecule has 0 bridgehead atoms. The highest BCUT2D eigenvalue weighted by atomic mass is 32.2. The lowest BCUT2D eigenvalue weighted by molar-refractivity contribution is -0.139. The highest BCUT2D eigenvalue weighted by Crippen LogP contribution is 2.43. The van der Waals surface area contributed by atoms with E-state index in [9.17, 15) is 23.1 Å². The van der Waals surface area contributed by atoms with E-state index in [4.69, 9.17) is 9.47 Å². The Kier molecular flexibility index (Phi) is 7.51. The Hall–Kier alpha value is -3.24. The fourth-order valence-electron chi connectivity index (χ4n) is 3.63. The first-order chi connectivity index (χ1) is 16.7. The highest BCUT2D eigenvalue weighted by Gasteiger charge is 2.34. The van der Waals surface area contributed by atoms with E-state index in [1.165, 1.54) is 12.3 Å². The zero-order valence-corrected chi connectivity index (χ0v) is 19.5. The van der Waals surface area contributed by atoms with Gasteiger partial charge in [0.05, 0.1) is 17.7 Å². The number of carbonyl (C=O) groups is 1. The number of aliphatic hydroxyl groups is 1. The van der Waals surface area contributed by atoms with Crippen LogP contribution in [0.2, 0.25) is 0 Å². The van der Waals surface area contributed by atoms with Gasteiger partial charge >= 0.3 is 6.18 Å². The molecule has 0 fully saturated rings. The summed E-state index contributed by atoms with van der Waals surface area (Å²) < 4.78 is 53.0. The lowest BCUT2D eigenvalue weighted by Crippen LogP contribution is -2.26. The first-order valence-corrected chi connectivity index (χ1v) is 11.7. The van der Waals surface area contributed by atoms with E-state index in [-0.39, 0.29) is 11.3 Å². The molecule has 0 amide bonds. The standard InChI is InChI=1S/C25H23F3N2O4S/c1-15(32)10-18(14-31)30-24-12-17(6-7-29-24)16-2-5-23(20(11-16)25(26,27)28)35-19-3-4-21-22(13-19)34-9-8-33-21/h2-7,11-15,18,32H,8-10H2,1H3,(H,29,30)/t15?,18-/m0/s1. The van der Waals surface area contributed by atoms with Crippen molar-refractivity contribution in [1.82, 2.24) is 4.98 Å². The van der Waals surface area contributed by atoms with E-state index in [0.29, 0.717) is 52.8 Å². The van der Waals surface area contributed by atoms with Crippen LogP contribution in [0.5, 0.6) is 11.5 Å². The third-order valence-electron chi connectivity index (χ3n) is 5.21. The molecule has 0 aliphatic carbocycles. The summed E-state index contributed by atoms with van der Waals surface area (Å²) in [5, 5.41) is 12.4. The monoisotopic (exact) mass is 504 g/mol. The number of pyridine rings is 1. The Morgan fingerprint density at radius 3 is 2.54 bits per heavy atom. The summed E-state index contributed by atoms with van der Waals surface area (Å²) in [5.74, 6) is 1.40. The SMILES string of the molecule is CC(O)C[C@@H](C=O)Nc1cc(-c2ccc(Sc3ccc4c(c3)OCCO4)c(C(F)(F)F)c2)ccn1. The predicted molar refractivity (Wildman–Crippen MR) is 126 cm³/mol. The average Bonchev–Trinajstić information content (AvgIpc) is 2.83. The van der Waals surface area contributed by atoms with Gasteiger partial charge in [0.15, 0.2) is 11.5 Å². The molecule has 0 radical (unpaired) electrons. The van der Waals surface area contributed by atoms with E-state index in [0.717, 1.165) is 17.8 Å². The van der Waals surface area contributed by atoms with E-state index >= 15 is 0 Å². The molecule has 184 valence electrons. The number of halogens is 3. The maximum atomic E-state index is 14.0. The molecule has 3 aromatic rings. The number of fused-ring (bicyclic) bond motifs is 1. The molecule has 1 aliphatic rings. The molecule has 35 heavy (non-hydrogen) atoms. The van der Waals surface area contributed by atoms with Gasteiger partial charge in [-0.3, -0.25) is 0 Å². The second kappa shape index (κ2) is 10.6. The van der Waals surface area contributed by atoms with Crippen molar-refractivity contribution in [2.45, 2.75) is 41.5 Å². The van der Waals surface area contributed by atoms with Crippen molar-refractivity contribution in [3.8, 4) is 22.6 Å². The number of nitrogens with zero attached hydrogens (tertiary/aromatic N) is 1. The number of alkyl halides is 3. The molecule has 4 rings (SSSR count). The predicted octanol–water partition coefficient (Wildman–Crippen LogP) is 5.44. The zero-order valence-electron chi connectivity index (χ0n) is 18.7. The Labute approximate surface area is 204 Å². The molecule has 0 saturated carbocycles. The maximum absolute atomic E-state index is 14.0. The third kappa shape index (κ3) is 6.26. The van der Waals surface area contributed by atoms with Gasteiger partial charge in [0, 0.05) is 16.0 Å². The summed E-state index contributed by atoms with van der Waals surface area (Å²) in [5.41, 5.74) is 0.0964. The van der Waals surface area contributed by atoms with Crippen LogP contribution in [0.25, 0.3) is 11.1 Å². The van der Waals surface area contributed by atoms with Crippen LogP contribution in [0, 0.1) is 0 Å². The number of benzene rings is 2. The summed E-state index contributed by atoms with van der Waals surface area (Å²) in [4.78, 5) is 16.1. The quantitative estimate of drug-likeness (QED) is 0.396. The molecule has 1 unspecified atom stereocenters.